The van der Waals surface area contributed by atoms with Gasteiger partial charge >= 0.3 is 0 Å². The molecule has 3 heteroatoms. The Morgan fingerprint density at radius 2 is 1.90 bits per heavy atom. The van der Waals surface area contributed by atoms with Crippen LogP contribution in [0.4, 0.5) is 0 Å². The summed E-state index contributed by atoms with van der Waals surface area (Å²) in [4.78, 5) is 14.6. The predicted octanol–water partition coefficient (Wildman–Crippen LogP) is 3.30. The summed E-state index contributed by atoms with van der Waals surface area (Å²) in [6, 6.07) is 0. The smallest absolute Gasteiger partial charge is 0.222 e. The molecule has 122 valence electrons. The number of hydrogen-bond donors (Lipinski definition) is 1. The van der Waals surface area contributed by atoms with E-state index in [-0.39, 0.29) is 0 Å². The van der Waals surface area contributed by atoms with E-state index in [9.17, 15) is 4.79 Å². The number of rotatable bonds is 3. The molecule has 2 aliphatic heterocycles. The molecule has 0 saturated carbocycles. The third kappa shape index (κ3) is 4.70. The van der Waals surface area contributed by atoms with Crippen molar-refractivity contribution >= 4 is 5.91 Å². The molecule has 2 heterocycles. The van der Waals surface area contributed by atoms with E-state index in [2.05, 4.69) is 37.9 Å². The molecule has 0 aromatic rings. The first-order valence-electron chi connectivity index (χ1n) is 8.86. The number of amides is 1. The minimum Gasteiger partial charge on any atom is -0.343 e. The quantitative estimate of drug-likeness (QED) is 0.866. The molecule has 21 heavy (non-hydrogen) atoms. The summed E-state index contributed by atoms with van der Waals surface area (Å²) in [5, 5.41) is 3.47. The summed E-state index contributed by atoms with van der Waals surface area (Å²) in [5.41, 5.74) is 0.385. The highest BCUT2D eigenvalue weighted by molar-refractivity contribution is 5.76. The van der Waals surface area contributed by atoms with E-state index in [0.717, 1.165) is 38.5 Å². The van der Waals surface area contributed by atoms with Crippen molar-refractivity contribution in [2.75, 3.05) is 26.2 Å². The van der Waals surface area contributed by atoms with Gasteiger partial charge in [-0.1, -0.05) is 27.7 Å². The van der Waals surface area contributed by atoms with Crippen molar-refractivity contribution in [2.45, 2.75) is 59.8 Å². The van der Waals surface area contributed by atoms with Crippen LogP contribution in [0.5, 0.6) is 0 Å². The van der Waals surface area contributed by atoms with Gasteiger partial charge in [0.2, 0.25) is 5.91 Å². The average Bonchev–Trinajstić information content (AvgIpc) is 2.47. The van der Waals surface area contributed by atoms with Gasteiger partial charge in [-0.2, -0.15) is 0 Å². The molecular formula is C18H34N2O. The lowest BCUT2D eigenvalue weighted by atomic mass is 9.75. The molecule has 1 amide bonds. The number of piperidine rings is 2. The molecule has 0 bridgehead atoms. The van der Waals surface area contributed by atoms with Gasteiger partial charge in [-0.3, -0.25) is 4.79 Å². The highest BCUT2D eigenvalue weighted by Gasteiger charge is 2.31. The summed E-state index contributed by atoms with van der Waals surface area (Å²) >= 11 is 0. The van der Waals surface area contributed by atoms with Crippen LogP contribution in [-0.4, -0.2) is 37.0 Å². The standard InChI is InChI=1S/C18H34N2O/c1-14(15-6-5-9-19-13-15)12-17(21)20-10-7-16(8-11-20)18(2,3)4/h14-16,19H,5-13H2,1-4H3. The minimum absolute atomic E-state index is 0.385. The summed E-state index contributed by atoms with van der Waals surface area (Å²) in [6.45, 7) is 13.4. The normalized spacial score (nSPS) is 26.7. The Kier molecular flexibility index (Phi) is 5.70. The zero-order chi connectivity index (χ0) is 15.5. The third-order valence-electron chi connectivity index (χ3n) is 5.71. The number of carbonyl (C=O) groups is 1. The van der Waals surface area contributed by atoms with Crippen LogP contribution in [-0.2, 0) is 4.79 Å². The van der Waals surface area contributed by atoms with Crippen molar-refractivity contribution in [3.8, 4) is 0 Å². The molecular weight excluding hydrogens is 260 g/mol. The molecule has 0 aromatic heterocycles. The van der Waals surface area contributed by atoms with Gasteiger partial charge in [0.05, 0.1) is 0 Å². The predicted molar refractivity (Wildman–Crippen MR) is 88.1 cm³/mol. The average molecular weight is 294 g/mol. The van der Waals surface area contributed by atoms with Crippen LogP contribution in [0.2, 0.25) is 0 Å². The van der Waals surface area contributed by atoms with E-state index in [0.29, 0.717) is 23.2 Å². The maximum atomic E-state index is 12.5. The third-order valence-corrected chi connectivity index (χ3v) is 5.71. The van der Waals surface area contributed by atoms with Gasteiger partial charge in [-0.25, -0.2) is 0 Å². The fraction of sp³-hybridized carbons (Fsp3) is 0.944. The van der Waals surface area contributed by atoms with E-state index in [1.807, 2.05) is 0 Å². The van der Waals surface area contributed by atoms with Crippen LogP contribution in [0.25, 0.3) is 0 Å². The Balaban J connectivity index is 1.76. The number of carbonyl (C=O) groups excluding carboxylic acids is 1. The second-order valence-electron chi connectivity index (χ2n) is 8.31. The van der Waals surface area contributed by atoms with E-state index in [1.165, 1.54) is 25.7 Å². The molecule has 2 rings (SSSR count). The fourth-order valence-corrected chi connectivity index (χ4v) is 3.93. The van der Waals surface area contributed by atoms with Crippen LogP contribution in [0.15, 0.2) is 0 Å². The monoisotopic (exact) mass is 294 g/mol. The molecule has 2 saturated heterocycles. The molecule has 1 N–H and O–H groups in total. The van der Waals surface area contributed by atoms with Crippen LogP contribution in [0.1, 0.15) is 59.8 Å². The van der Waals surface area contributed by atoms with Gasteiger partial charge in [-0.05, 0) is 61.9 Å². The van der Waals surface area contributed by atoms with E-state index in [1.54, 1.807) is 0 Å². The summed E-state index contributed by atoms with van der Waals surface area (Å²) in [7, 11) is 0. The largest absolute Gasteiger partial charge is 0.343 e. The lowest BCUT2D eigenvalue weighted by Gasteiger charge is -2.39. The molecule has 0 aliphatic carbocycles. The van der Waals surface area contributed by atoms with Crippen molar-refractivity contribution in [2.24, 2.45) is 23.2 Å². The van der Waals surface area contributed by atoms with Crippen molar-refractivity contribution in [1.82, 2.24) is 10.2 Å². The zero-order valence-electron chi connectivity index (χ0n) is 14.5. The minimum atomic E-state index is 0.385. The first kappa shape index (κ1) is 16.8. The van der Waals surface area contributed by atoms with Gasteiger partial charge in [0.25, 0.3) is 0 Å². The maximum absolute atomic E-state index is 12.5. The van der Waals surface area contributed by atoms with Gasteiger partial charge in [0.1, 0.15) is 0 Å². The second kappa shape index (κ2) is 7.13. The number of likely N-dealkylation sites (tertiary alicyclic amines) is 1. The Morgan fingerprint density at radius 3 is 2.43 bits per heavy atom. The van der Waals surface area contributed by atoms with Gasteiger partial charge in [-0.15, -0.1) is 0 Å². The van der Waals surface area contributed by atoms with E-state index in [4.69, 9.17) is 0 Å². The maximum Gasteiger partial charge on any atom is 0.222 e. The second-order valence-corrected chi connectivity index (χ2v) is 8.31. The van der Waals surface area contributed by atoms with Crippen molar-refractivity contribution < 1.29 is 4.79 Å². The molecule has 2 unspecified atom stereocenters. The van der Waals surface area contributed by atoms with Gasteiger partial charge < -0.3 is 10.2 Å². The Labute approximate surface area is 130 Å². The zero-order valence-corrected chi connectivity index (χ0v) is 14.5. The molecule has 0 radical (unpaired) electrons. The first-order valence-corrected chi connectivity index (χ1v) is 8.86. The van der Waals surface area contributed by atoms with Crippen LogP contribution in [0.3, 0.4) is 0 Å². The number of hydrogen-bond acceptors (Lipinski definition) is 2. The van der Waals surface area contributed by atoms with Crippen molar-refractivity contribution in [3.63, 3.8) is 0 Å². The Morgan fingerprint density at radius 1 is 1.24 bits per heavy atom. The SMILES string of the molecule is CC(CC(=O)N1CCC(C(C)(C)C)CC1)C1CCCNC1. The number of nitrogens with zero attached hydrogens (tertiary/aromatic N) is 1. The molecule has 3 nitrogen and oxygen atoms in total. The van der Waals surface area contributed by atoms with Crippen LogP contribution >= 0.6 is 0 Å². The van der Waals surface area contributed by atoms with Crippen molar-refractivity contribution in [3.05, 3.63) is 0 Å². The molecule has 2 fully saturated rings. The van der Waals surface area contributed by atoms with Crippen LogP contribution in [0, 0.1) is 23.2 Å². The highest BCUT2D eigenvalue weighted by Crippen LogP contribution is 2.34. The molecule has 2 atom stereocenters. The summed E-state index contributed by atoms with van der Waals surface area (Å²) in [5.74, 6) is 2.36. The summed E-state index contributed by atoms with van der Waals surface area (Å²) < 4.78 is 0. The molecule has 2 aliphatic rings. The number of nitrogens with one attached hydrogen (secondary N) is 1. The topological polar surface area (TPSA) is 32.3 Å². The van der Waals surface area contributed by atoms with Gasteiger partial charge in [0.15, 0.2) is 0 Å². The van der Waals surface area contributed by atoms with E-state index < -0.39 is 0 Å². The summed E-state index contributed by atoms with van der Waals surface area (Å²) in [6.07, 6.45) is 5.64. The van der Waals surface area contributed by atoms with Crippen LogP contribution < -0.4 is 5.32 Å². The Bertz CT molecular complexity index is 334. The first-order chi connectivity index (χ1) is 9.88. The highest BCUT2D eigenvalue weighted by atomic mass is 16.2. The lowest BCUT2D eigenvalue weighted by molar-refractivity contribution is -0.134. The molecule has 0 aromatic carbocycles. The lowest BCUT2D eigenvalue weighted by Crippen LogP contribution is -2.42. The Hall–Kier alpha value is -0.570. The van der Waals surface area contributed by atoms with Gasteiger partial charge in [0, 0.05) is 19.5 Å². The fourth-order valence-electron chi connectivity index (χ4n) is 3.93. The van der Waals surface area contributed by atoms with Crippen molar-refractivity contribution in [1.29, 1.82) is 0 Å². The van der Waals surface area contributed by atoms with E-state index >= 15 is 0 Å². The molecule has 0 spiro atoms.